The second-order valence-corrected chi connectivity index (χ2v) is 9.27. The van der Waals surface area contributed by atoms with Crippen LogP contribution in [0.15, 0.2) is 66.9 Å². The third kappa shape index (κ3) is 6.91. The molecule has 2 unspecified atom stereocenters. The third-order valence-corrected chi connectivity index (χ3v) is 6.38. The van der Waals surface area contributed by atoms with Gasteiger partial charge in [-0.05, 0) is 35.9 Å². The molecule has 0 aliphatic carbocycles. The van der Waals surface area contributed by atoms with E-state index in [4.69, 9.17) is 11.6 Å². The van der Waals surface area contributed by atoms with E-state index in [2.05, 4.69) is 15.6 Å². The van der Waals surface area contributed by atoms with Gasteiger partial charge in [0.2, 0.25) is 0 Å². The minimum absolute atomic E-state index is 0.0698. The Morgan fingerprint density at radius 2 is 1.83 bits per heavy atom. The van der Waals surface area contributed by atoms with Crippen LogP contribution in [-0.4, -0.2) is 67.9 Å². The van der Waals surface area contributed by atoms with Crippen molar-refractivity contribution in [1.82, 2.24) is 20.1 Å². The third-order valence-electron chi connectivity index (χ3n) is 6.16. The van der Waals surface area contributed by atoms with Crippen LogP contribution in [0.5, 0.6) is 0 Å². The van der Waals surface area contributed by atoms with E-state index in [-0.39, 0.29) is 40.7 Å². The molecular formula is C26H22ClFN6O7. The standard InChI is InChI=1S/C26H22ClFN6O7/c27-21-8-7-16(14-29-21)25(38)32-9-10-33(26(39)30-18-5-2-4-17(28)12-18)24(32)23(37)31-20(13-22(35)36)15-3-1-6-19(11-15)34(40)41/h1-8,11-12,14,20,24H,9-10,13H2,(H,30,39)(H,31,37)(H,35,36). The molecule has 4 rings (SSSR count). The molecule has 0 saturated carbocycles. The van der Waals surface area contributed by atoms with Crippen LogP contribution in [0.2, 0.25) is 5.15 Å². The van der Waals surface area contributed by atoms with Gasteiger partial charge in [-0.1, -0.05) is 29.8 Å². The molecular weight excluding hydrogens is 563 g/mol. The number of halogens is 2. The Morgan fingerprint density at radius 3 is 2.49 bits per heavy atom. The molecule has 2 aromatic carbocycles. The zero-order chi connectivity index (χ0) is 29.7. The maximum atomic E-state index is 13.7. The van der Waals surface area contributed by atoms with E-state index in [0.29, 0.717) is 0 Å². The second-order valence-electron chi connectivity index (χ2n) is 8.89. The van der Waals surface area contributed by atoms with E-state index < -0.39 is 53.2 Å². The van der Waals surface area contributed by atoms with Gasteiger partial charge in [0.05, 0.1) is 22.9 Å². The SMILES string of the molecule is O=C(O)CC(NC(=O)C1N(C(=O)Nc2cccc(F)c2)CCN1C(=O)c1ccc(Cl)nc1)c1cccc([N+](=O)[O-])c1. The van der Waals surface area contributed by atoms with E-state index >= 15 is 0 Å². The molecule has 1 saturated heterocycles. The zero-order valence-electron chi connectivity index (χ0n) is 21.1. The lowest BCUT2D eigenvalue weighted by Crippen LogP contribution is -2.55. The van der Waals surface area contributed by atoms with Crippen molar-refractivity contribution in [3.05, 3.63) is 99.1 Å². The summed E-state index contributed by atoms with van der Waals surface area (Å²) in [5.41, 5.74) is -0.0267. The zero-order valence-corrected chi connectivity index (χ0v) is 21.8. The lowest BCUT2D eigenvalue weighted by atomic mass is 10.0. The molecule has 0 bridgehead atoms. The minimum atomic E-state index is -1.57. The van der Waals surface area contributed by atoms with Gasteiger partial charge in [-0.15, -0.1) is 0 Å². The molecule has 0 radical (unpaired) electrons. The van der Waals surface area contributed by atoms with Crippen LogP contribution < -0.4 is 10.6 Å². The lowest BCUT2D eigenvalue weighted by Gasteiger charge is -2.30. The maximum absolute atomic E-state index is 13.7. The highest BCUT2D eigenvalue weighted by Crippen LogP contribution is 2.25. The lowest BCUT2D eigenvalue weighted by molar-refractivity contribution is -0.384. The van der Waals surface area contributed by atoms with Crippen molar-refractivity contribution < 1.29 is 33.6 Å². The number of nitro benzene ring substituents is 1. The normalized spacial score (nSPS) is 15.2. The number of amides is 4. The molecule has 13 nitrogen and oxygen atoms in total. The molecule has 3 N–H and O–H groups in total. The predicted octanol–water partition coefficient (Wildman–Crippen LogP) is 3.43. The first-order valence-corrected chi connectivity index (χ1v) is 12.4. The number of rotatable bonds is 8. The topological polar surface area (TPSA) is 175 Å². The fraction of sp³-hybridized carbons (Fsp3) is 0.192. The van der Waals surface area contributed by atoms with E-state index in [1.165, 1.54) is 54.7 Å². The first kappa shape index (κ1) is 28.9. The number of nitrogens with zero attached hydrogens (tertiary/aromatic N) is 4. The van der Waals surface area contributed by atoms with Crippen LogP contribution in [-0.2, 0) is 9.59 Å². The number of benzene rings is 2. The number of anilines is 1. The molecule has 2 atom stereocenters. The molecule has 15 heteroatoms. The van der Waals surface area contributed by atoms with E-state index in [0.717, 1.165) is 21.9 Å². The molecule has 0 spiro atoms. The number of hydrogen-bond donors (Lipinski definition) is 3. The minimum Gasteiger partial charge on any atom is -0.481 e. The number of aromatic nitrogens is 1. The number of carboxylic acids is 1. The summed E-state index contributed by atoms with van der Waals surface area (Å²) in [5.74, 6) is -3.52. The Bertz CT molecular complexity index is 1510. The smallest absolute Gasteiger partial charge is 0.323 e. The van der Waals surface area contributed by atoms with Gasteiger partial charge < -0.3 is 20.6 Å². The largest absolute Gasteiger partial charge is 0.481 e. The number of non-ortho nitro benzene ring substituents is 1. The summed E-state index contributed by atoms with van der Waals surface area (Å²) >= 11 is 5.82. The van der Waals surface area contributed by atoms with Crippen molar-refractivity contribution in [1.29, 1.82) is 0 Å². The number of aliphatic carboxylic acids is 1. The van der Waals surface area contributed by atoms with Crippen molar-refractivity contribution in [3.8, 4) is 0 Å². The molecule has 1 aliphatic heterocycles. The molecule has 1 aromatic heterocycles. The molecule has 2 heterocycles. The summed E-state index contributed by atoms with van der Waals surface area (Å²) < 4.78 is 13.7. The maximum Gasteiger partial charge on any atom is 0.323 e. The highest BCUT2D eigenvalue weighted by Gasteiger charge is 2.44. The average Bonchev–Trinajstić information content (AvgIpc) is 3.38. The predicted molar refractivity (Wildman–Crippen MR) is 142 cm³/mol. The van der Waals surface area contributed by atoms with E-state index in [9.17, 15) is 38.8 Å². The molecule has 1 aliphatic rings. The highest BCUT2D eigenvalue weighted by molar-refractivity contribution is 6.29. The van der Waals surface area contributed by atoms with E-state index in [1.54, 1.807) is 0 Å². The summed E-state index contributed by atoms with van der Waals surface area (Å²) in [4.78, 5) is 68.5. The summed E-state index contributed by atoms with van der Waals surface area (Å²) in [6.07, 6.45) is -1.02. The number of carbonyl (C=O) groups is 4. The van der Waals surface area contributed by atoms with E-state index in [1.807, 2.05) is 0 Å². The number of nitrogens with one attached hydrogen (secondary N) is 2. The van der Waals surface area contributed by atoms with Crippen LogP contribution in [0, 0.1) is 15.9 Å². The van der Waals surface area contributed by atoms with Crippen LogP contribution in [0.3, 0.4) is 0 Å². The summed E-state index contributed by atoms with van der Waals surface area (Å²) in [5, 5.41) is 25.9. The summed E-state index contributed by atoms with van der Waals surface area (Å²) in [6, 6.07) is 10.8. The quantitative estimate of drug-likeness (QED) is 0.205. The van der Waals surface area contributed by atoms with Gasteiger partial charge in [0.25, 0.3) is 17.5 Å². The molecule has 1 fully saturated rings. The van der Waals surface area contributed by atoms with Gasteiger partial charge in [0.15, 0.2) is 6.17 Å². The fourth-order valence-electron chi connectivity index (χ4n) is 4.29. The summed E-state index contributed by atoms with van der Waals surface area (Å²) in [7, 11) is 0. The number of carboxylic acid groups (broad SMARTS) is 1. The van der Waals surface area contributed by atoms with Crippen LogP contribution >= 0.6 is 11.6 Å². The van der Waals surface area contributed by atoms with Crippen molar-refractivity contribution in [2.75, 3.05) is 18.4 Å². The van der Waals surface area contributed by atoms with Crippen molar-refractivity contribution in [2.24, 2.45) is 0 Å². The fourth-order valence-corrected chi connectivity index (χ4v) is 4.41. The number of hydrogen-bond acceptors (Lipinski definition) is 7. The van der Waals surface area contributed by atoms with Gasteiger partial charge in [0, 0.05) is 37.1 Å². The highest BCUT2D eigenvalue weighted by atomic mass is 35.5. The molecule has 4 amide bonds. The van der Waals surface area contributed by atoms with Gasteiger partial charge in [-0.3, -0.25) is 29.4 Å². The average molecular weight is 585 g/mol. The first-order valence-electron chi connectivity index (χ1n) is 12.1. The van der Waals surface area contributed by atoms with Crippen LogP contribution in [0.4, 0.5) is 20.6 Å². The number of pyridine rings is 1. The van der Waals surface area contributed by atoms with Gasteiger partial charge >= 0.3 is 12.0 Å². The molecule has 41 heavy (non-hydrogen) atoms. The second kappa shape index (κ2) is 12.4. The van der Waals surface area contributed by atoms with Crippen LogP contribution in [0.1, 0.15) is 28.4 Å². The molecule has 3 aromatic rings. The van der Waals surface area contributed by atoms with Gasteiger partial charge in [-0.2, -0.15) is 0 Å². The Kier molecular flexibility index (Phi) is 8.72. The Morgan fingerprint density at radius 1 is 1.10 bits per heavy atom. The number of carbonyl (C=O) groups excluding carboxylic acids is 3. The van der Waals surface area contributed by atoms with Crippen molar-refractivity contribution in [3.63, 3.8) is 0 Å². The Balaban J connectivity index is 1.66. The number of nitro groups is 1. The van der Waals surface area contributed by atoms with Crippen LogP contribution in [0.25, 0.3) is 0 Å². The van der Waals surface area contributed by atoms with Gasteiger partial charge in [0.1, 0.15) is 11.0 Å². The number of urea groups is 1. The summed E-state index contributed by atoms with van der Waals surface area (Å²) in [6.45, 7) is -0.192. The Hall–Kier alpha value is -5.11. The molecule has 212 valence electrons. The monoisotopic (exact) mass is 584 g/mol. The Labute approximate surface area is 236 Å². The van der Waals surface area contributed by atoms with Gasteiger partial charge in [-0.25, -0.2) is 14.2 Å². The van der Waals surface area contributed by atoms with Crippen molar-refractivity contribution in [2.45, 2.75) is 18.6 Å². The van der Waals surface area contributed by atoms with Crippen molar-refractivity contribution >= 4 is 46.8 Å². The first-order chi connectivity index (χ1) is 19.5.